The highest BCUT2D eigenvalue weighted by Crippen LogP contribution is 2.32. The molecule has 23 heavy (non-hydrogen) atoms. The summed E-state index contributed by atoms with van der Waals surface area (Å²) in [5.74, 6) is 1.53. The third kappa shape index (κ3) is 4.61. The van der Waals surface area contributed by atoms with Crippen molar-refractivity contribution in [1.82, 2.24) is 10.6 Å². The highest BCUT2D eigenvalue weighted by molar-refractivity contribution is 5.76. The third-order valence-corrected chi connectivity index (χ3v) is 4.49. The Morgan fingerprint density at radius 2 is 2.04 bits per heavy atom. The zero-order valence-electron chi connectivity index (χ0n) is 14.6. The van der Waals surface area contributed by atoms with Gasteiger partial charge >= 0.3 is 0 Å². The fourth-order valence-corrected chi connectivity index (χ4v) is 2.91. The second-order valence-electron chi connectivity index (χ2n) is 6.73. The van der Waals surface area contributed by atoms with Crippen LogP contribution in [-0.2, 0) is 10.2 Å². The normalized spacial score (nSPS) is 17.8. The number of methoxy groups -OCH3 is 2. The van der Waals surface area contributed by atoms with E-state index in [4.69, 9.17) is 9.47 Å². The Morgan fingerprint density at radius 1 is 1.30 bits per heavy atom. The third-order valence-electron chi connectivity index (χ3n) is 4.49. The van der Waals surface area contributed by atoms with E-state index in [0.29, 0.717) is 30.5 Å². The topological polar surface area (TPSA) is 59.6 Å². The lowest BCUT2D eigenvalue weighted by Gasteiger charge is -2.27. The molecule has 5 heteroatoms. The minimum absolute atomic E-state index is 0.109. The molecule has 1 fully saturated rings. The zero-order valence-corrected chi connectivity index (χ0v) is 14.6. The van der Waals surface area contributed by atoms with Gasteiger partial charge in [-0.3, -0.25) is 4.79 Å². The molecule has 0 spiro atoms. The SMILES string of the molecule is COc1ccc(C(C)(C)CNC(=O)CC2CCCN2)cc1OC. The molecule has 0 bridgehead atoms. The number of hydrogen-bond donors (Lipinski definition) is 2. The first kappa shape index (κ1) is 17.6. The molecule has 1 aliphatic rings. The molecule has 2 N–H and O–H groups in total. The van der Waals surface area contributed by atoms with Crippen molar-refractivity contribution in [2.45, 2.75) is 44.6 Å². The number of ether oxygens (including phenoxy) is 2. The van der Waals surface area contributed by atoms with Gasteiger partial charge in [0.1, 0.15) is 0 Å². The summed E-state index contributed by atoms with van der Waals surface area (Å²) < 4.78 is 10.6. The van der Waals surface area contributed by atoms with Gasteiger partial charge in [-0.2, -0.15) is 0 Å². The van der Waals surface area contributed by atoms with Gasteiger partial charge in [-0.1, -0.05) is 19.9 Å². The van der Waals surface area contributed by atoms with Crippen LogP contribution in [0.25, 0.3) is 0 Å². The Bertz CT molecular complexity index is 537. The van der Waals surface area contributed by atoms with Gasteiger partial charge in [-0.15, -0.1) is 0 Å². The van der Waals surface area contributed by atoms with Crippen molar-refractivity contribution in [1.29, 1.82) is 0 Å². The molecule has 1 heterocycles. The molecule has 1 aromatic carbocycles. The van der Waals surface area contributed by atoms with Crippen LogP contribution in [0.15, 0.2) is 18.2 Å². The quantitative estimate of drug-likeness (QED) is 0.809. The van der Waals surface area contributed by atoms with E-state index in [1.54, 1.807) is 14.2 Å². The first-order valence-corrected chi connectivity index (χ1v) is 8.19. The molecule has 1 amide bonds. The molecule has 0 saturated carbocycles. The van der Waals surface area contributed by atoms with E-state index in [0.717, 1.165) is 24.9 Å². The van der Waals surface area contributed by atoms with Crippen molar-refractivity contribution in [3.63, 3.8) is 0 Å². The van der Waals surface area contributed by atoms with Gasteiger partial charge in [0.05, 0.1) is 14.2 Å². The highest BCUT2D eigenvalue weighted by atomic mass is 16.5. The average Bonchev–Trinajstić information content (AvgIpc) is 3.05. The Hall–Kier alpha value is -1.75. The van der Waals surface area contributed by atoms with Crippen LogP contribution in [0.5, 0.6) is 11.5 Å². The van der Waals surface area contributed by atoms with Gasteiger partial charge in [-0.25, -0.2) is 0 Å². The molecule has 2 rings (SSSR count). The smallest absolute Gasteiger partial charge is 0.221 e. The molecule has 1 atom stereocenters. The molecule has 0 aliphatic carbocycles. The van der Waals surface area contributed by atoms with Crippen LogP contribution < -0.4 is 20.1 Å². The Labute approximate surface area is 138 Å². The van der Waals surface area contributed by atoms with E-state index in [9.17, 15) is 4.79 Å². The lowest BCUT2D eigenvalue weighted by molar-refractivity contribution is -0.121. The van der Waals surface area contributed by atoms with Gasteiger partial charge in [0.25, 0.3) is 0 Å². The molecule has 1 aromatic rings. The van der Waals surface area contributed by atoms with E-state index in [2.05, 4.69) is 24.5 Å². The number of benzene rings is 1. The number of carbonyl (C=O) groups is 1. The monoisotopic (exact) mass is 320 g/mol. The second-order valence-corrected chi connectivity index (χ2v) is 6.73. The molecule has 1 saturated heterocycles. The molecule has 5 nitrogen and oxygen atoms in total. The second kappa shape index (κ2) is 7.68. The van der Waals surface area contributed by atoms with Crippen LogP contribution in [0.2, 0.25) is 0 Å². The summed E-state index contributed by atoms with van der Waals surface area (Å²) in [6.45, 7) is 5.84. The molecule has 0 aromatic heterocycles. The fraction of sp³-hybridized carbons (Fsp3) is 0.611. The van der Waals surface area contributed by atoms with Gasteiger partial charge < -0.3 is 20.1 Å². The van der Waals surface area contributed by atoms with E-state index < -0.39 is 0 Å². The maximum Gasteiger partial charge on any atom is 0.221 e. The van der Waals surface area contributed by atoms with Gasteiger partial charge in [0.2, 0.25) is 5.91 Å². The van der Waals surface area contributed by atoms with Crippen molar-refractivity contribution in [2.75, 3.05) is 27.3 Å². The first-order valence-electron chi connectivity index (χ1n) is 8.19. The van der Waals surface area contributed by atoms with Crippen LogP contribution >= 0.6 is 0 Å². The van der Waals surface area contributed by atoms with Crippen molar-refractivity contribution >= 4 is 5.91 Å². The van der Waals surface area contributed by atoms with Gasteiger partial charge in [-0.05, 0) is 37.1 Å². The van der Waals surface area contributed by atoms with E-state index in [1.807, 2.05) is 18.2 Å². The van der Waals surface area contributed by atoms with E-state index >= 15 is 0 Å². The van der Waals surface area contributed by atoms with E-state index in [1.165, 1.54) is 0 Å². The van der Waals surface area contributed by atoms with Crippen molar-refractivity contribution in [3.8, 4) is 11.5 Å². The van der Waals surface area contributed by atoms with Gasteiger partial charge in [0, 0.05) is 24.4 Å². The molecule has 128 valence electrons. The number of nitrogens with one attached hydrogen (secondary N) is 2. The summed E-state index contributed by atoms with van der Waals surface area (Å²) in [4.78, 5) is 12.1. The highest BCUT2D eigenvalue weighted by Gasteiger charge is 2.24. The summed E-state index contributed by atoms with van der Waals surface area (Å²) in [6, 6.07) is 6.23. The van der Waals surface area contributed by atoms with Crippen LogP contribution in [0.1, 0.15) is 38.7 Å². The molecular weight excluding hydrogens is 292 g/mol. The molecule has 0 radical (unpaired) electrons. The van der Waals surface area contributed by atoms with Crippen LogP contribution in [0.3, 0.4) is 0 Å². The average molecular weight is 320 g/mol. The standard InChI is InChI=1S/C18H28N2O3/c1-18(2,12-20-17(21)11-14-6-5-9-19-14)13-7-8-15(22-3)16(10-13)23-4/h7-8,10,14,19H,5-6,9,11-12H2,1-4H3,(H,20,21). The maximum atomic E-state index is 12.1. The summed E-state index contributed by atoms with van der Waals surface area (Å²) in [7, 11) is 3.25. The fourth-order valence-electron chi connectivity index (χ4n) is 2.91. The number of rotatable bonds is 7. The zero-order chi connectivity index (χ0) is 16.9. The minimum atomic E-state index is -0.182. The first-order chi connectivity index (χ1) is 11.0. The van der Waals surface area contributed by atoms with Crippen LogP contribution in [0, 0.1) is 0 Å². The van der Waals surface area contributed by atoms with Crippen molar-refractivity contribution in [2.24, 2.45) is 0 Å². The number of hydrogen-bond acceptors (Lipinski definition) is 4. The predicted molar refractivity (Wildman–Crippen MR) is 91.2 cm³/mol. The van der Waals surface area contributed by atoms with Crippen LogP contribution in [-0.4, -0.2) is 39.3 Å². The Balaban J connectivity index is 1.96. The summed E-state index contributed by atoms with van der Waals surface area (Å²) >= 11 is 0. The molecule has 1 aliphatic heterocycles. The van der Waals surface area contributed by atoms with Crippen molar-refractivity contribution in [3.05, 3.63) is 23.8 Å². The van der Waals surface area contributed by atoms with E-state index in [-0.39, 0.29) is 11.3 Å². The lowest BCUT2D eigenvalue weighted by atomic mass is 9.84. The largest absolute Gasteiger partial charge is 0.493 e. The summed E-state index contributed by atoms with van der Waals surface area (Å²) in [5.41, 5.74) is 0.924. The van der Waals surface area contributed by atoms with Gasteiger partial charge in [0.15, 0.2) is 11.5 Å². The van der Waals surface area contributed by atoms with Crippen LogP contribution in [0.4, 0.5) is 0 Å². The molecule has 1 unspecified atom stereocenters. The number of carbonyl (C=O) groups excluding carboxylic acids is 1. The molecular formula is C18H28N2O3. The summed E-state index contributed by atoms with van der Waals surface area (Å²) in [6.07, 6.45) is 2.81. The Morgan fingerprint density at radius 3 is 2.65 bits per heavy atom. The minimum Gasteiger partial charge on any atom is -0.493 e. The number of amides is 1. The van der Waals surface area contributed by atoms with Crippen molar-refractivity contribution < 1.29 is 14.3 Å². The summed E-state index contributed by atoms with van der Waals surface area (Å²) in [5, 5.41) is 6.42. The maximum absolute atomic E-state index is 12.1. The Kier molecular flexibility index (Phi) is 5.88. The predicted octanol–water partition coefficient (Wildman–Crippen LogP) is 2.24. The lowest BCUT2D eigenvalue weighted by Crippen LogP contribution is -2.39.